The first-order valence-corrected chi connectivity index (χ1v) is 8.48. The summed E-state index contributed by atoms with van der Waals surface area (Å²) < 4.78 is 5.17. The van der Waals surface area contributed by atoms with E-state index in [4.69, 9.17) is 28.2 Å². The molecule has 0 spiro atoms. The number of nitrogens with zero attached hydrogens (tertiary/aromatic N) is 2. The van der Waals surface area contributed by atoms with Crippen LogP contribution < -0.4 is 5.32 Å². The van der Waals surface area contributed by atoms with Gasteiger partial charge in [-0.3, -0.25) is 4.79 Å². The normalized spacial score (nSPS) is 14.6. The predicted molar refractivity (Wildman–Crippen MR) is 98.6 cm³/mol. The molecule has 2 heterocycles. The fourth-order valence-corrected chi connectivity index (χ4v) is 3.07. The van der Waals surface area contributed by atoms with Gasteiger partial charge in [-0.2, -0.15) is 0 Å². The van der Waals surface area contributed by atoms with Gasteiger partial charge in [0.1, 0.15) is 0 Å². The van der Waals surface area contributed by atoms with Crippen molar-refractivity contribution in [3.63, 3.8) is 0 Å². The Balaban J connectivity index is 1.57. The summed E-state index contributed by atoms with van der Waals surface area (Å²) in [7, 11) is 0. The Bertz CT molecular complexity index is 740. The molecule has 0 aliphatic carbocycles. The quantitative estimate of drug-likeness (QED) is 0.829. The SMILES string of the molecule is Cc1c(Cl)cccc1NC(=S)N1CCN(C(=O)c2ccco2)CC1. The first-order chi connectivity index (χ1) is 11.6. The number of thiocarbonyl (C=S) groups is 1. The minimum absolute atomic E-state index is 0.0794. The average molecular weight is 364 g/mol. The fourth-order valence-electron chi connectivity index (χ4n) is 2.61. The zero-order valence-electron chi connectivity index (χ0n) is 13.3. The van der Waals surface area contributed by atoms with E-state index in [0.717, 1.165) is 11.3 Å². The summed E-state index contributed by atoms with van der Waals surface area (Å²) in [6.07, 6.45) is 1.51. The molecule has 1 fully saturated rings. The molecular formula is C17H18ClN3O2S. The van der Waals surface area contributed by atoms with E-state index in [2.05, 4.69) is 10.2 Å². The summed E-state index contributed by atoms with van der Waals surface area (Å²) in [5, 5.41) is 4.59. The first-order valence-electron chi connectivity index (χ1n) is 7.70. The lowest BCUT2D eigenvalue weighted by atomic mass is 10.2. The third-order valence-corrected chi connectivity index (χ3v) is 4.87. The Hall–Kier alpha value is -2.05. The lowest BCUT2D eigenvalue weighted by Gasteiger charge is -2.36. The highest BCUT2D eigenvalue weighted by Gasteiger charge is 2.24. The molecule has 1 aromatic heterocycles. The van der Waals surface area contributed by atoms with Crippen LogP contribution in [0.15, 0.2) is 41.0 Å². The van der Waals surface area contributed by atoms with Crippen molar-refractivity contribution in [1.82, 2.24) is 9.80 Å². The Kier molecular flexibility index (Phi) is 5.06. The van der Waals surface area contributed by atoms with E-state index in [9.17, 15) is 4.79 Å². The van der Waals surface area contributed by atoms with Gasteiger partial charge in [0, 0.05) is 36.9 Å². The van der Waals surface area contributed by atoms with Crippen molar-refractivity contribution in [2.75, 3.05) is 31.5 Å². The van der Waals surface area contributed by atoms with Crippen LogP contribution in [0.1, 0.15) is 16.1 Å². The van der Waals surface area contributed by atoms with E-state index in [1.54, 1.807) is 17.0 Å². The van der Waals surface area contributed by atoms with Crippen LogP contribution in [0.5, 0.6) is 0 Å². The lowest BCUT2D eigenvalue weighted by Crippen LogP contribution is -2.51. The van der Waals surface area contributed by atoms with Crippen LogP contribution in [0, 0.1) is 6.92 Å². The number of benzene rings is 1. The van der Waals surface area contributed by atoms with Crippen molar-refractivity contribution in [2.24, 2.45) is 0 Å². The summed E-state index contributed by atoms with van der Waals surface area (Å²) in [6, 6.07) is 9.09. The van der Waals surface area contributed by atoms with Crippen LogP contribution in [0.2, 0.25) is 5.02 Å². The third kappa shape index (κ3) is 3.55. The summed E-state index contributed by atoms with van der Waals surface area (Å²) in [5.41, 5.74) is 1.87. The largest absolute Gasteiger partial charge is 0.459 e. The van der Waals surface area contributed by atoms with Gasteiger partial charge in [0.2, 0.25) is 0 Å². The molecule has 1 N–H and O–H groups in total. The van der Waals surface area contributed by atoms with Crippen LogP contribution in [0.3, 0.4) is 0 Å². The Morgan fingerprint density at radius 2 is 1.88 bits per heavy atom. The molecule has 3 rings (SSSR count). The lowest BCUT2D eigenvalue weighted by molar-refractivity contribution is 0.0661. The Morgan fingerprint density at radius 1 is 1.17 bits per heavy atom. The third-order valence-electron chi connectivity index (χ3n) is 4.10. The second kappa shape index (κ2) is 7.23. The molecule has 1 amide bonds. The number of rotatable bonds is 2. The molecule has 0 atom stereocenters. The van der Waals surface area contributed by atoms with Gasteiger partial charge in [-0.25, -0.2) is 0 Å². The molecule has 1 aromatic carbocycles. The van der Waals surface area contributed by atoms with Crippen LogP contribution in [-0.4, -0.2) is 47.0 Å². The smallest absolute Gasteiger partial charge is 0.289 e. The number of carbonyl (C=O) groups is 1. The highest BCUT2D eigenvalue weighted by atomic mass is 35.5. The van der Waals surface area contributed by atoms with Gasteiger partial charge >= 0.3 is 0 Å². The minimum atomic E-state index is -0.0794. The van der Waals surface area contributed by atoms with Crippen molar-refractivity contribution in [2.45, 2.75) is 6.92 Å². The van der Waals surface area contributed by atoms with Crippen molar-refractivity contribution in [3.05, 3.63) is 52.9 Å². The molecule has 126 valence electrons. The molecule has 0 unspecified atom stereocenters. The van der Waals surface area contributed by atoms with E-state index >= 15 is 0 Å². The topological polar surface area (TPSA) is 48.7 Å². The number of hydrogen-bond acceptors (Lipinski definition) is 3. The van der Waals surface area contributed by atoms with Crippen molar-refractivity contribution < 1.29 is 9.21 Å². The molecule has 1 saturated heterocycles. The summed E-state index contributed by atoms with van der Waals surface area (Å²) >= 11 is 11.6. The Labute approximate surface area is 151 Å². The number of amides is 1. The van der Waals surface area contributed by atoms with Gasteiger partial charge in [0.25, 0.3) is 5.91 Å². The van der Waals surface area contributed by atoms with E-state index in [-0.39, 0.29) is 5.91 Å². The molecule has 0 radical (unpaired) electrons. The average Bonchev–Trinajstić information content (AvgIpc) is 3.13. The number of halogens is 1. The number of furan rings is 1. The second-order valence-corrected chi connectivity index (χ2v) is 6.39. The molecular weight excluding hydrogens is 346 g/mol. The highest BCUT2D eigenvalue weighted by molar-refractivity contribution is 7.80. The number of nitrogens with one attached hydrogen (secondary N) is 1. The van der Waals surface area contributed by atoms with Crippen molar-refractivity contribution >= 4 is 40.5 Å². The van der Waals surface area contributed by atoms with Gasteiger partial charge in [0.15, 0.2) is 10.9 Å². The van der Waals surface area contributed by atoms with Crippen molar-refractivity contribution in [1.29, 1.82) is 0 Å². The van der Waals surface area contributed by atoms with Crippen LogP contribution in [-0.2, 0) is 0 Å². The minimum Gasteiger partial charge on any atom is -0.459 e. The molecule has 0 bridgehead atoms. The number of hydrogen-bond donors (Lipinski definition) is 1. The molecule has 0 saturated carbocycles. The first kappa shape index (κ1) is 16.8. The van der Waals surface area contributed by atoms with Gasteiger partial charge in [0.05, 0.1) is 6.26 Å². The molecule has 2 aromatic rings. The maximum Gasteiger partial charge on any atom is 0.289 e. The van der Waals surface area contributed by atoms with Gasteiger partial charge in [-0.15, -0.1) is 0 Å². The van der Waals surface area contributed by atoms with E-state index < -0.39 is 0 Å². The van der Waals surface area contributed by atoms with Crippen LogP contribution in [0.25, 0.3) is 0 Å². The zero-order valence-corrected chi connectivity index (χ0v) is 14.9. The molecule has 24 heavy (non-hydrogen) atoms. The van der Waals surface area contributed by atoms with Gasteiger partial charge in [-0.1, -0.05) is 17.7 Å². The second-order valence-electron chi connectivity index (χ2n) is 5.60. The van der Waals surface area contributed by atoms with E-state index in [0.29, 0.717) is 42.1 Å². The highest BCUT2D eigenvalue weighted by Crippen LogP contribution is 2.23. The standard InChI is InChI=1S/C17H18ClN3O2S/c1-12-13(18)4-2-5-14(12)19-17(24)21-9-7-20(8-10-21)16(22)15-6-3-11-23-15/h2-6,11H,7-10H2,1H3,(H,19,24). The molecule has 7 heteroatoms. The molecule has 5 nitrogen and oxygen atoms in total. The van der Waals surface area contributed by atoms with Crippen LogP contribution in [0.4, 0.5) is 5.69 Å². The van der Waals surface area contributed by atoms with Gasteiger partial charge < -0.3 is 19.5 Å². The maximum absolute atomic E-state index is 12.3. The summed E-state index contributed by atoms with van der Waals surface area (Å²) in [5.74, 6) is 0.294. The van der Waals surface area contributed by atoms with Crippen LogP contribution >= 0.6 is 23.8 Å². The predicted octanol–water partition coefficient (Wildman–Crippen LogP) is 3.40. The van der Waals surface area contributed by atoms with Crippen molar-refractivity contribution in [3.8, 4) is 0 Å². The van der Waals surface area contributed by atoms with Gasteiger partial charge in [-0.05, 0) is 49.0 Å². The zero-order chi connectivity index (χ0) is 17.1. The Morgan fingerprint density at radius 3 is 2.54 bits per heavy atom. The fraction of sp³-hybridized carbons (Fsp3) is 0.294. The maximum atomic E-state index is 12.3. The summed E-state index contributed by atoms with van der Waals surface area (Å²) in [4.78, 5) is 16.1. The summed E-state index contributed by atoms with van der Waals surface area (Å²) in [6.45, 7) is 4.52. The molecule has 1 aliphatic rings. The number of anilines is 1. The number of piperazine rings is 1. The van der Waals surface area contributed by atoms with E-state index in [1.165, 1.54) is 6.26 Å². The van der Waals surface area contributed by atoms with E-state index in [1.807, 2.05) is 25.1 Å². The molecule has 1 aliphatic heterocycles. The number of carbonyl (C=O) groups excluding carboxylic acids is 1. The monoisotopic (exact) mass is 363 g/mol.